The Morgan fingerprint density at radius 1 is 1.03 bits per heavy atom. The highest BCUT2D eigenvalue weighted by atomic mass is 16.5. The lowest BCUT2D eigenvalue weighted by Crippen LogP contribution is -2.29. The zero-order chi connectivity index (χ0) is 24.1. The van der Waals surface area contributed by atoms with E-state index in [1.54, 1.807) is 55.9 Å². The number of nitrogens with zero attached hydrogens (tertiary/aromatic N) is 2. The number of pyridine rings is 1. The van der Waals surface area contributed by atoms with Crippen LogP contribution in [-0.4, -0.2) is 40.4 Å². The molecule has 0 radical (unpaired) electrons. The third kappa shape index (κ3) is 4.64. The number of carbonyl (C=O) groups is 2. The third-order valence-corrected chi connectivity index (χ3v) is 5.65. The minimum atomic E-state index is -0.777. The lowest BCUT2D eigenvalue weighted by Gasteiger charge is -2.25. The number of carbonyl (C=O) groups excluding carboxylic acids is 2. The van der Waals surface area contributed by atoms with Crippen LogP contribution in [0.25, 0.3) is 5.76 Å². The highest BCUT2D eigenvalue weighted by Gasteiger charge is 2.46. The van der Waals surface area contributed by atoms with Gasteiger partial charge in [0, 0.05) is 24.5 Å². The maximum Gasteiger partial charge on any atom is 0.295 e. The molecule has 7 nitrogen and oxygen atoms in total. The van der Waals surface area contributed by atoms with Crippen LogP contribution in [0.5, 0.6) is 11.5 Å². The van der Waals surface area contributed by atoms with Gasteiger partial charge in [0.15, 0.2) is 0 Å². The van der Waals surface area contributed by atoms with E-state index in [1.165, 1.54) is 4.90 Å². The van der Waals surface area contributed by atoms with E-state index in [4.69, 9.17) is 9.47 Å². The number of hydrogen-bond donors (Lipinski definition) is 1. The molecule has 34 heavy (non-hydrogen) atoms. The normalized spacial score (nSPS) is 17.1. The summed E-state index contributed by atoms with van der Waals surface area (Å²) < 4.78 is 11.0. The number of ketones is 1. The fraction of sp³-hybridized carbons (Fsp3) is 0.222. The van der Waals surface area contributed by atoms with Gasteiger partial charge in [-0.3, -0.25) is 14.6 Å². The lowest BCUT2D eigenvalue weighted by molar-refractivity contribution is -0.140. The van der Waals surface area contributed by atoms with Gasteiger partial charge >= 0.3 is 0 Å². The van der Waals surface area contributed by atoms with Gasteiger partial charge in [-0.25, -0.2) is 0 Å². The molecule has 2 aromatic carbocycles. The number of hydrogen-bond acceptors (Lipinski definition) is 6. The van der Waals surface area contributed by atoms with Crippen molar-refractivity contribution in [1.82, 2.24) is 9.88 Å². The summed E-state index contributed by atoms with van der Waals surface area (Å²) in [4.78, 5) is 31.9. The van der Waals surface area contributed by atoms with Crippen LogP contribution in [-0.2, 0) is 16.1 Å². The number of aliphatic hydroxyl groups is 1. The van der Waals surface area contributed by atoms with Crippen molar-refractivity contribution in [2.24, 2.45) is 0 Å². The molecule has 2 heterocycles. The van der Waals surface area contributed by atoms with Crippen molar-refractivity contribution < 1.29 is 24.2 Å². The average molecular weight is 459 g/mol. The van der Waals surface area contributed by atoms with Crippen molar-refractivity contribution >= 4 is 17.4 Å². The zero-order valence-electron chi connectivity index (χ0n) is 19.1. The van der Waals surface area contributed by atoms with Crippen LogP contribution in [0, 0.1) is 0 Å². The Hall–Kier alpha value is -4.13. The van der Waals surface area contributed by atoms with Crippen LogP contribution in [0.3, 0.4) is 0 Å². The number of methoxy groups -OCH3 is 1. The van der Waals surface area contributed by atoms with Gasteiger partial charge in [0.1, 0.15) is 17.3 Å². The first-order valence-corrected chi connectivity index (χ1v) is 11.1. The largest absolute Gasteiger partial charge is 0.507 e. The SMILES string of the molecule is CCCOc1cccc(C2/C(=C(\O)c3ccc(OC)cc3)C(=O)C(=O)N2Cc2ccncc2)c1. The summed E-state index contributed by atoms with van der Waals surface area (Å²) in [6, 6.07) is 16.8. The Morgan fingerprint density at radius 3 is 2.44 bits per heavy atom. The number of rotatable bonds is 8. The first kappa shape index (κ1) is 23.0. The topological polar surface area (TPSA) is 89.0 Å². The van der Waals surface area contributed by atoms with Crippen LogP contribution in [0.15, 0.2) is 78.6 Å². The molecule has 0 aliphatic carbocycles. The molecule has 4 rings (SSSR count). The van der Waals surface area contributed by atoms with Crippen molar-refractivity contribution in [3.63, 3.8) is 0 Å². The molecule has 3 aromatic rings. The van der Waals surface area contributed by atoms with Crippen molar-refractivity contribution in [3.8, 4) is 11.5 Å². The molecule has 1 unspecified atom stereocenters. The molecule has 0 spiro atoms. The highest BCUT2D eigenvalue weighted by Crippen LogP contribution is 2.41. The third-order valence-electron chi connectivity index (χ3n) is 5.65. The Kier molecular flexibility index (Phi) is 6.92. The molecule has 1 amide bonds. The van der Waals surface area contributed by atoms with E-state index in [9.17, 15) is 14.7 Å². The van der Waals surface area contributed by atoms with E-state index in [1.807, 2.05) is 31.2 Å². The first-order chi connectivity index (χ1) is 16.5. The van der Waals surface area contributed by atoms with Gasteiger partial charge in [-0.15, -0.1) is 0 Å². The maximum atomic E-state index is 13.2. The van der Waals surface area contributed by atoms with E-state index >= 15 is 0 Å². The summed E-state index contributed by atoms with van der Waals surface area (Å²) >= 11 is 0. The second kappa shape index (κ2) is 10.2. The lowest BCUT2D eigenvalue weighted by atomic mass is 9.95. The molecule has 0 bridgehead atoms. The quantitative estimate of drug-likeness (QED) is 0.304. The fourth-order valence-electron chi connectivity index (χ4n) is 3.97. The first-order valence-electron chi connectivity index (χ1n) is 11.1. The maximum absolute atomic E-state index is 13.2. The standard InChI is InChI=1S/C27H26N2O5/c1-3-15-34-22-6-4-5-20(16-22)24-23(25(30)19-7-9-21(33-2)10-8-19)26(31)27(32)29(24)17-18-11-13-28-14-12-18/h4-14,16,24,30H,3,15,17H2,1-2H3/b25-23+. The summed E-state index contributed by atoms with van der Waals surface area (Å²) in [5.41, 5.74) is 1.96. The van der Waals surface area contributed by atoms with E-state index in [2.05, 4.69) is 4.98 Å². The molecular weight excluding hydrogens is 432 g/mol. The van der Waals surface area contributed by atoms with Gasteiger partial charge in [0.25, 0.3) is 11.7 Å². The smallest absolute Gasteiger partial charge is 0.295 e. The minimum absolute atomic E-state index is 0.0388. The fourth-order valence-corrected chi connectivity index (χ4v) is 3.97. The number of aromatic nitrogens is 1. The molecule has 0 saturated carbocycles. The Balaban J connectivity index is 1.83. The van der Waals surface area contributed by atoms with Crippen molar-refractivity contribution in [2.75, 3.05) is 13.7 Å². The van der Waals surface area contributed by atoms with Crippen LogP contribution in [0.2, 0.25) is 0 Å². The molecule has 1 atom stereocenters. The number of amides is 1. The van der Waals surface area contributed by atoms with Crippen molar-refractivity contribution in [1.29, 1.82) is 0 Å². The molecule has 1 aliphatic rings. The van der Waals surface area contributed by atoms with Crippen LogP contribution in [0.1, 0.15) is 36.1 Å². The van der Waals surface area contributed by atoms with Gasteiger partial charge in [0.05, 0.1) is 25.3 Å². The van der Waals surface area contributed by atoms with Gasteiger partial charge in [-0.2, -0.15) is 0 Å². The second-order valence-electron chi connectivity index (χ2n) is 7.93. The summed E-state index contributed by atoms with van der Waals surface area (Å²) in [6.07, 6.45) is 4.12. The number of ether oxygens (including phenoxy) is 2. The van der Waals surface area contributed by atoms with Gasteiger partial charge in [-0.1, -0.05) is 19.1 Å². The summed E-state index contributed by atoms with van der Waals surface area (Å²) in [5, 5.41) is 11.2. The van der Waals surface area contributed by atoms with Crippen molar-refractivity contribution in [3.05, 3.63) is 95.3 Å². The van der Waals surface area contributed by atoms with Crippen LogP contribution >= 0.6 is 0 Å². The van der Waals surface area contributed by atoms with Gasteiger partial charge in [0.2, 0.25) is 0 Å². The summed E-state index contributed by atoms with van der Waals surface area (Å²) in [6.45, 7) is 2.76. The zero-order valence-corrected chi connectivity index (χ0v) is 19.1. The van der Waals surface area contributed by atoms with Gasteiger partial charge in [-0.05, 0) is 66.1 Å². The predicted octanol–water partition coefficient (Wildman–Crippen LogP) is 4.50. The molecule has 174 valence electrons. The van der Waals surface area contributed by atoms with Crippen LogP contribution in [0.4, 0.5) is 0 Å². The molecule has 1 aromatic heterocycles. The Bertz CT molecular complexity index is 1210. The number of Topliss-reactive ketones (excluding diaryl/α,β-unsaturated/α-hetero) is 1. The number of benzene rings is 2. The highest BCUT2D eigenvalue weighted by molar-refractivity contribution is 6.46. The Morgan fingerprint density at radius 2 is 1.76 bits per heavy atom. The molecular formula is C27H26N2O5. The Labute approximate surface area is 198 Å². The summed E-state index contributed by atoms with van der Waals surface area (Å²) in [7, 11) is 1.55. The molecule has 7 heteroatoms. The van der Waals surface area contributed by atoms with E-state index < -0.39 is 17.7 Å². The van der Waals surface area contributed by atoms with Gasteiger partial charge < -0.3 is 19.5 Å². The second-order valence-corrected chi connectivity index (χ2v) is 7.93. The number of likely N-dealkylation sites (tertiary alicyclic amines) is 1. The van der Waals surface area contributed by atoms with Crippen LogP contribution < -0.4 is 9.47 Å². The van der Waals surface area contributed by atoms with Crippen molar-refractivity contribution in [2.45, 2.75) is 25.9 Å². The van der Waals surface area contributed by atoms with E-state index in [0.717, 1.165) is 12.0 Å². The molecule has 1 aliphatic heterocycles. The molecule has 1 N–H and O–H groups in total. The predicted molar refractivity (Wildman–Crippen MR) is 127 cm³/mol. The number of aliphatic hydroxyl groups excluding tert-OH is 1. The minimum Gasteiger partial charge on any atom is -0.507 e. The van der Waals surface area contributed by atoms with E-state index in [0.29, 0.717) is 29.2 Å². The molecule has 1 saturated heterocycles. The van der Waals surface area contributed by atoms with E-state index in [-0.39, 0.29) is 17.9 Å². The molecule has 1 fully saturated rings. The monoisotopic (exact) mass is 458 g/mol. The summed E-state index contributed by atoms with van der Waals surface area (Å²) in [5.74, 6) is -0.377. The average Bonchev–Trinajstić information content (AvgIpc) is 3.13.